The van der Waals surface area contributed by atoms with Gasteiger partial charge in [-0.15, -0.1) is 11.3 Å². The van der Waals surface area contributed by atoms with Gasteiger partial charge >= 0.3 is 0 Å². The van der Waals surface area contributed by atoms with Gasteiger partial charge in [0, 0.05) is 30.0 Å². The van der Waals surface area contributed by atoms with Crippen LogP contribution in [0.3, 0.4) is 0 Å². The molecule has 27 heavy (non-hydrogen) atoms. The maximum absolute atomic E-state index is 12.4. The Morgan fingerprint density at radius 3 is 2.41 bits per heavy atom. The van der Waals surface area contributed by atoms with Crippen molar-refractivity contribution in [3.05, 3.63) is 65.0 Å². The lowest BCUT2D eigenvalue weighted by molar-refractivity contribution is -0.119. The van der Waals surface area contributed by atoms with Gasteiger partial charge < -0.3 is 10.1 Å². The molecule has 0 unspecified atom stereocenters. The summed E-state index contributed by atoms with van der Waals surface area (Å²) in [6.45, 7) is 1.91. The minimum atomic E-state index is -0.225. The number of hydrogen-bond acceptors (Lipinski definition) is 5. The first-order chi connectivity index (χ1) is 13.0. The van der Waals surface area contributed by atoms with E-state index in [-0.39, 0.29) is 11.8 Å². The Morgan fingerprint density at radius 2 is 1.78 bits per heavy atom. The molecule has 0 saturated heterocycles. The molecule has 0 aliphatic rings. The Morgan fingerprint density at radius 1 is 1.07 bits per heavy atom. The summed E-state index contributed by atoms with van der Waals surface area (Å²) in [4.78, 5) is 27.8. The second-order valence-electron chi connectivity index (χ2n) is 5.83. The zero-order valence-electron chi connectivity index (χ0n) is 15.0. The summed E-state index contributed by atoms with van der Waals surface area (Å²) in [5, 5.41) is 7.97. The monoisotopic (exact) mass is 381 g/mol. The molecule has 0 bridgehead atoms. The van der Waals surface area contributed by atoms with Crippen molar-refractivity contribution in [2.45, 2.75) is 13.5 Å². The number of carbonyl (C=O) groups is 2. The number of amides is 2. The van der Waals surface area contributed by atoms with Crippen LogP contribution in [0.25, 0.3) is 11.3 Å². The standard InChI is InChI=1S/C20H19N3O3S/c1-13(24)21-11-14-3-5-16(6-4-14)19(25)23-20-22-18(12-27-20)15-7-9-17(26-2)10-8-15/h3-10,12H,11H2,1-2H3,(H,21,24)(H,22,23,25). The predicted octanol–water partition coefficient (Wildman–Crippen LogP) is 3.71. The minimum Gasteiger partial charge on any atom is -0.497 e. The van der Waals surface area contributed by atoms with Crippen LogP contribution in [-0.2, 0) is 11.3 Å². The van der Waals surface area contributed by atoms with Gasteiger partial charge in [0.25, 0.3) is 5.91 Å². The van der Waals surface area contributed by atoms with Crippen LogP contribution in [0.4, 0.5) is 5.13 Å². The normalized spacial score (nSPS) is 10.3. The lowest BCUT2D eigenvalue weighted by Crippen LogP contribution is -2.19. The van der Waals surface area contributed by atoms with E-state index in [0.29, 0.717) is 17.2 Å². The first kappa shape index (κ1) is 18.6. The molecule has 1 heterocycles. The Hall–Kier alpha value is -3.19. The average Bonchev–Trinajstić information content (AvgIpc) is 3.15. The van der Waals surface area contributed by atoms with Crippen molar-refractivity contribution in [1.82, 2.24) is 10.3 Å². The SMILES string of the molecule is COc1ccc(-c2csc(NC(=O)c3ccc(CNC(C)=O)cc3)n2)cc1. The van der Waals surface area contributed by atoms with Crippen LogP contribution in [0.15, 0.2) is 53.9 Å². The summed E-state index contributed by atoms with van der Waals surface area (Å²) in [5.74, 6) is 0.467. The van der Waals surface area contributed by atoms with Crippen LogP contribution in [0.2, 0.25) is 0 Å². The molecule has 0 aliphatic carbocycles. The van der Waals surface area contributed by atoms with Crippen molar-refractivity contribution >= 4 is 28.3 Å². The van der Waals surface area contributed by atoms with Gasteiger partial charge in [-0.2, -0.15) is 0 Å². The van der Waals surface area contributed by atoms with E-state index in [1.807, 2.05) is 41.8 Å². The third-order valence-electron chi connectivity index (χ3n) is 3.87. The predicted molar refractivity (Wildman–Crippen MR) is 106 cm³/mol. The third kappa shape index (κ3) is 4.92. The number of ether oxygens (including phenoxy) is 1. The van der Waals surface area contributed by atoms with Gasteiger partial charge in [0.05, 0.1) is 12.8 Å². The van der Waals surface area contributed by atoms with E-state index < -0.39 is 0 Å². The molecule has 1 aromatic heterocycles. The lowest BCUT2D eigenvalue weighted by Gasteiger charge is -2.05. The van der Waals surface area contributed by atoms with E-state index in [2.05, 4.69) is 15.6 Å². The Bertz CT molecular complexity index is 934. The number of carbonyl (C=O) groups excluding carboxylic acids is 2. The highest BCUT2D eigenvalue weighted by molar-refractivity contribution is 7.14. The van der Waals surface area contributed by atoms with Crippen molar-refractivity contribution in [3.8, 4) is 17.0 Å². The van der Waals surface area contributed by atoms with Crippen molar-refractivity contribution in [2.24, 2.45) is 0 Å². The van der Waals surface area contributed by atoms with Crippen LogP contribution in [0.5, 0.6) is 5.75 Å². The molecule has 0 fully saturated rings. The molecule has 3 rings (SSSR count). The molecule has 7 heteroatoms. The van der Waals surface area contributed by atoms with Gasteiger partial charge in [-0.05, 0) is 42.0 Å². The van der Waals surface area contributed by atoms with E-state index in [4.69, 9.17) is 4.74 Å². The number of methoxy groups -OCH3 is 1. The van der Waals surface area contributed by atoms with Gasteiger partial charge in [0.15, 0.2) is 5.13 Å². The number of aromatic nitrogens is 1. The van der Waals surface area contributed by atoms with Crippen LogP contribution in [-0.4, -0.2) is 23.9 Å². The summed E-state index contributed by atoms with van der Waals surface area (Å²) in [6.07, 6.45) is 0. The number of thiazole rings is 1. The lowest BCUT2D eigenvalue weighted by atomic mass is 10.1. The Balaban J connectivity index is 1.64. The molecule has 2 amide bonds. The topological polar surface area (TPSA) is 80.3 Å². The van der Waals surface area contributed by atoms with Gasteiger partial charge in [-0.3, -0.25) is 14.9 Å². The molecule has 0 aliphatic heterocycles. The van der Waals surface area contributed by atoms with Crippen LogP contribution >= 0.6 is 11.3 Å². The molecule has 2 aromatic carbocycles. The van der Waals surface area contributed by atoms with Crippen molar-refractivity contribution in [1.29, 1.82) is 0 Å². The van der Waals surface area contributed by atoms with Gasteiger partial charge in [-0.1, -0.05) is 12.1 Å². The molecular formula is C20H19N3O3S. The van der Waals surface area contributed by atoms with E-state index in [9.17, 15) is 9.59 Å². The van der Waals surface area contributed by atoms with Crippen molar-refractivity contribution < 1.29 is 14.3 Å². The van der Waals surface area contributed by atoms with E-state index >= 15 is 0 Å². The average molecular weight is 381 g/mol. The fourth-order valence-corrected chi connectivity index (χ4v) is 3.11. The largest absolute Gasteiger partial charge is 0.497 e. The molecule has 3 aromatic rings. The quantitative estimate of drug-likeness (QED) is 0.682. The van der Waals surface area contributed by atoms with Gasteiger partial charge in [0.2, 0.25) is 5.91 Å². The molecule has 0 saturated carbocycles. The van der Waals surface area contributed by atoms with Crippen LogP contribution < -0.4 is 15.4 Å². The fourth-order valence-electron chi connectivity index (χ4n) is 2.40. The maximum Gasteiger partial charge on any atom is 0.257 e. The summed E-state index contributed by atoms with van der Waals surface area (Å²) < 4.78 is 5.15. The van der Waals surface area contributed by atoms with E-state index in [1.165, 1.54) is 18.3 Å². The number of rotatable bonds is 6. The van der Waals surface area contributed by atoms with Crippen molar-refractivity contribution in [3.63, 3.8) is 0 Å². The maximum atomic E-state index is 12.4. The highest BCUT2D eigenvalue weighted by Gasteiger charge is 2.10. The number of hydrogen-bond donors (Lipinski definition) is 2. The number of nitrogens with zero attached hydrogens (tertiary/aromatic N) is 1. The fraction of sp³-hybridized carbons (Fsp3) is 0.150. The number of nitrogens with one attached hydrogen (secondary N) is 2. The van der Waals surface area contributed by atoms with Crippen LogP contribution in [0.1, 0.15) is 22.8 Å². The first-order valence-corrected chi connectivity index (χ1v) is 9.18. The molecule has 6 nitrogen and oxygen atoms in total. The summed E-state index contributed by atoms with van der Waals surface area (Å²) in [7, 11) is 1.62. The second kappa shape index (κ2) is 8.46. The molecule has 138 valence electrons. The summed E-state index contributed by atoms with van der Waals surface area (Å²) in [6, 6.07) is 14.7. The smallest absolute Gasteiger partial charge is 0.257 e. The summed E-state index contributed by atoms with van der Waals surface area (Å²) in [5.41, 5.74) is 3.21. The highest BCUT2D eigenvalue weighted by atomic mass is 32.1. The molecule has 0 radical (unpaired) electrons. The first-order valence-electron chi connectivity index (χ1n) is 8.30. The van der Waals surface area contributed by atoms with Crippen LogP contribution in [0, 0.1) is 0 Å². The van der Waals surface area contributed by atoms with Crippen molar-refractivity contribution in [2.75, 3.05) is 12.4 Å². The molecule has 0 spiro atoms. The van der Waals surface area contributed by atoms with Gasteiger partial charge in [-0.25, -0.2) is 4.98 Å². The zero-order chi connectivity index (χ0) is 19.2. The second-order valence-corrected chi connectivity index (χ2v) is 6.69. The third-order valence-corrected chi connectivity index (χ3v) is 4.63. The molecule has 0 atom stereocenters. The van der Waals surface area contributed by atoms with E-state index in [1.54, 1.807) is 19.2 Å². The summed E-state index contributed by atoms with van der Waals surface area (Å²) >= 11 is 1.37. The number of benzene rings is 2. The Kier molecular flexibility index (Phi) is 5.83. The zero-order valence-corrected chi connectivity index (χ0v) is 15.8. The highest BCUT2D eigenvalue weighted by Crippen LogP contribution is 2.26. The van der Waals surface area contributed by atoms with Gasteiger partial charge in [0.1, 0.15) is 5.75 Å². The van der Waals surface area contributed by atoms with E-state index in [0.717, 1.165) is 22.6 Å². The molecular weight excluding hydrogens is 362 g/mol. The Labute approximate surface area is 161 Å². The number of anilines is 1. The minimum absolute atomic E-state index is 0.0896. The molecule has 2 N–H and O–H groups in total.